The molecule has 116 valence electrons. The molecule has 0 aromatic carbocycles. The first kappa shape index (κ1) is 16.0. The number of rotatable bonds is 3. The lowest BCUT2D eigenvalue weighted by molar-refractivity contribution is -0.137. The minimum absolute atomic E-state index is 0.357. The first-order valence-corrected chi connectivity index (χ1v) is 6.85. The topological polar surface area (TPSA) is 37.3 Å². The molecule has 0 aliphatic heterocycles. The molecule has 3 nitrogen and oxygen atoms in total. The van der Waals surface area contributed by atoms with Crippen LogP contribution in [0.5, 0.6) is 0 Å². The van der Waals surface area contributed by atoms with E-state index in [0.717, 1.165) is 29.2 Å². The van der Waals surface area contributed by atoms with Gasteiger partial charge in [0.05, 0.1) is 11.3 Å². The second-order valence-electron chi connectivity index (χ2n) is 4.59. The minimum atomic E-state index is -4.38. The van der Waals surface area contributed by atoms with Crippen molar-refractivity contribution in [1.29, 1.82) is 0 Å². The zero-order valence-electron chi connectivity index (χ0n) is 12.3. The van der Waals surface area contributed by atoms with Gasteiger partial charge in [0.15, 0.2) is 0 Å². The molecule has 0 bridgehead atoms. The average Bonchev–Trinajstić information content (AvgIpc) is 2.48. The molecule has 0 spiro atoms. The van der Waals surface area contributed by atoms with Crippen LogP contribution in [0, 0.1) is 0 Å². The number of pyridine rings is 1. The van der Waals surface area contributed by atoms with E-state index >= 15 is 0 Å². The van der Waals surface area contributed by atoms with Crippen LogP contribution >= 0.6 is 0 Å². The maximum absolute atomic E-state index is 12.5. The van der Waals surface area contributed by atoms with E-state index in [1.807, 2.05) is 38.2 Å². The summed E-state index contributed by atoms with van der Waals surface area (Å²) in [7, 11) is 0. The van der Waals surface area contributed by atoms with Crippen molar-refractivity contribution in [1.82, 2.24) is 4.98 Å². The molecule has 1 aliphatic rings. The van der Waals surface area contributed by atoms with Crippen LogP contribution in [-0.2, 0) is 6.18 Å². The maximum Gasteiger partial charge on any atom is 0.417 e. The Hall–Kier alpha value is -2.37. The summed E-state index contributed by atoms with van der Waals surface area (Å²) in [5, 5.41) is 2.99. The molecule has 1 aromatic rings. The van der Waals surface area contributed by atoms with Crippen LogP contribution in [0.15, 0.2) is 58.9 Å². The van der Waals surface area contributed by atoms with Gasteiger partial charge in [-0.15, -0.1) is 0 Å². The van der Waals surface area contributed by atoms with Crippen molar-refractivity contribution in [3.63, 3.8) is 0 Å². The largest absolute Gasteiger partial charge is 0.417 e. The van der Waals surface area contributed by atoms with E-state index in [0.29, 0.717) is 12.4 Å². The summed E-state index contributed by atoms with van der Waals surface area (Å²) in [5.74, 6) is 0.357. The predicted octanol–water partition coefficient (Wildman–Crippen LogP) is 4.37. The fourth-order valence-electron chi connectivity index (χ4n) is 1.96. The number of nitrogens with one attached hydrogen (secondary N) is 1. The lowest BCUT2D eigenvalue weighted by Gasteiger charge is -2.14. The third kappa shape index (κ3) is 3.84. The van der Waals surface area contributed by atoms with Crippen LogP contribution in [0.2, 0.25) is 0 Å². The van der Waals surface area contributed by atoms with Gasteiger partial charge in [0.2, 0.25) is 0 Å². The Labute approximate surface area is 127 Å². The van der Waals surface area contributed by atoms with Gasteiger partial charge >= 0.3 is 6.18 Å². The molecule has 1 aliphatic carbocycles. The van der Waals surface area contributed by atoms with Crippen LogP contribution < -0.4 is 5.32 Å². The second kappa shape index (κ2) is 6.60. The molecule has 1 N–H and O–H groups in total. The molecule has 22 heavy (non-hydrogen) atoms. The fraction of sp³-hybridized carbons (Fsp3) is 0.250. The van der Waals surface area contributed by atoms with E-state index in [9.17, 15) is 13.2 Å². The molecule has 0 saturated carbocycles. The molecule has 0 amide bonds. The van der Waals surface area contributed by atoms with Crippen LogP contribution in [-0.4, -0.2) is 17.2 Å². The summed E-state index contributed by atoms with van der Waals surface area (Å²) in [4.78, 5) is 8.15. The number of aliphatic imine (C=N–C) groups is 1. The van der Waals surface area contributed by atoms with E-state index in [4.69, 9.17) is 0 Å². The number of aromatic nitrogens is 1. The van der Waals surface area contributed by atoms with Crippen LogP contribution in [0.3, 0.4) is 0 Å². The van der Waals surface area contributed by atoms with Crippen molar-refractivity contribution in [2.24, 2.45) is 4.99 Å². The van der Waals surface area contributed by atoms with E-state index in [1.165, 1.54) is 6.07 Å². The minimum Gasteiger partial charge on any atom is -0.340 e. The van der Waals surface area contributed by atoms with Gasteiger partial charge in [0.1, 0.15) is 5.82 Å². The third-order valence-corrected chi connectivity index (χ3v) is 3.03. The standard InChI is InChI=1S/C16H16F3N3/c1-3-11-9-13(6-7-14(11)20-4-2)22-15-8-5-12(10-21-15)16(17,18)19/h3,5-10H,4H2,1-2H3,(H,21,22)/b11-3-,20-14?. The zero-order chi connectivity index (χ0) is 16.2. The summed E-state index contributed by atoms with van der Waals surface area (Å²) in [5.41, 5.74) is 1.82. The number of allylic oxidation sites excluding steroid dienone is 5. The molecule has 6 heteroatoms. The molecule has 0 radical (unpaired) electrons. The number of hydrogen-bond donors (Lipinski definition) is 1. The van der Waals surface area contributed by atoms with E-state index in [-0.39, 0.29) is 0 Å². The SMILES string of the molecule is C/C=C1/C=C(Nc2ccc(C(F)(F)F)cn2)C=CC1=NCC. The van der Waals surface area contributed by atoms with Crippen molar-refractivity contribution in [2.75, 3.05) is 11.9 Å². The van der Waals surface area contributed by atoms with Crippen LogP contribution in [0.4, 0.5) is 19.0 Å². The molecular weight excluding hydrogens is 291 g/mol. The van der Waals surface area contributed by atoms with Crippen molar-refractivity contribution in [2.45, 2.75) is 20.0 Å². The lowest BCUT2D eigenvalue weighted by atomic mass is 10.0. The summed E-state index contributed by atoms with van der Waals surface area (Å²) >= 11 is 0. The quantitative estimate of drug-likeness (QED) is 0.900. The van der Waals surface area contributed by atoms with E-state index < -0.39 is 11.7 Å². The molecule has 0 unspecified atom stereocenters. The smallest absolute Gasteiger partial charge is 0.340 e. The molecule has 1 aromatic heterocycles. The van der Waals surface area contributed by atoms with Crippen molar-refractivity contribution in [3.8, 4) is 0 Å². The van der Waals surface area contributed by atoms with E-state index in [2.05, 4.69) is 15.3 Å². The van der Waals surface area contributed by atoms with Gasteiger partial charge < -0.3 is 5.32 Å². The normalized spacial score (nSPS) is 18.7. The van der Waals surface area contributed by atoms with Gasteiger partial charge in [-0.25, -0.2) is 4.98 Å². The molecule has 0 saturated heterocycles. The van der Waals surface area contributed by atoms with Crippen molar-refractivity contribution >= 4 is 11.5 Å². The Morgan fingerprint density at radius 2 is 2.05 bits per heavy atom. The number of anilines is 1. The molecule has 1 heterocycles. The van der Waals surface area contributed by atoms with E-state index in [1.54, 1.807) is 0 Å². The van der Waals surface area contributed by atoms with Gasteiger partial charge in [-0.05, 0) is 49.8 Å². The number of nitrogens with zero attached hydrogens (tertiary/aromatic N) is 2. The highest BCUT2D eigenvalue weighted by molar-refractivity contribution is 6.12. The Bertz CT molecular complexity index is 650. The summed E-state index contributed by atoms with van der Waals surface area (Å²) < 4.78 is 37.5. The first-order chi connectivity index (χ1) is 10.4. The average molecular weight is 307 g/mol. The van der Waals surface area contributed by atoms with Gasteiger partial charge in [0.25, 0.3) is 0 Å². The first-order valence-electron chi connectivity index (χ1n) is 6.85. The summed E-state index contributed by atoms with van der Waals surface area (Å²) in [6.45, 7) is 4.55. The number of hydrogen-bond acceptors (Lipinski definition) is 3. The second-order valence-corrected chi connectivity index (χ2v) is 4.59. The highest BCUT2D eigenvalue weighted by Gasteiger charge is 2.30. The van der Waals surface area contributed by atoms with Gasteiger partial charge in [-0.2, -0.15) is 13.2 Å². The summed E-state index contributed by atoms with van der Waals surface area (Å²) in [6, 6.07) is 2.31. The Morgan fingerprint density at radius 1 is 1.27 bits per heavy atom. The maximum atomic E-state index is 12.5. The Kier molecular flexibility index (Phi) is 4.80. The van der Waals surface area contributed by atoms with Crippen LogP contribution in [0.1, 0.15) is 19.4 Å². The fourth-order valence-corrected chi connectivity index (χ4v) is 1.96. The zero-order valence-corrected chi connectivity index (χ0v) is 12.3. The Morgan fingerprint density at radius 3 is 2.59 bits per heavy atom. The lowest BCUT2D eigenvalue weighted by Crippen LogP contribution is -2.09. The van der Waals surface area contributed by atoms with Gasteiger partial charge in [-0.3, -0.25) is 4.99 Å². The number of halogens is 3. The molecule has 0 fully saturated rings. The van der Waals surface area contributed by atoms with Crippen molar-refractivity contribution in [3.05, 3.63) is 59.5 Å². The summed E-state index contributed by atoms with van der Waals surface area (Å²) in [6.07, 6.45) is 3.94. The van der Waals surface area contributed by atoms with Crippen molar-refractivity contribution < 1.29 is 13.2 Å². The molecule has 2 rings (SSSR count). The highest BCUT2D eigenvalue weighted by Crippen LogP contribution is 2.29. The van der Waals surface area contributed by atoms with Gasteiger partial charge in [0, 0.05) is 18.4 Å². The number of alkyl halides is 3. The highest BCUT2D eigenvalue weighted by atomic mass is 19.4. The Balaban J connectivity index is 2.15. The molecular formula is C16H16F3N3. The third-order valence-electron chi connectivity index (χ3n) is 3.03. The monoisotopic (exact) mass is 307 g/mol. The molecule has 0 atom stereocenters. The van der Waals surface area contributed by atoms with Gasteiger partial charge in [-0.1, -0.05) is 6.08 Å². The van der Waals surface area contributed by atoms with Crippen LogP contribution in [0.25, 0.3) is 0 Å². The predicted molar refractivity (Wildman–Crippen MR) is 81.8 cm³/mol.